The Balaban J connectivity index is 2.10. The molecular weight excluding hydrogens is 240 g/mol. The van der Waals surface area contributed by atoms with E-state index in [4.69, 9.17) is 0 Å². The number of hydrogen-bond donors (Lipinski definition) is 1. The van der Waals surface area contributed by atoms with Crippen molar-refractivity contribution >= 4 is 15.9 Å². The third kappa shape index (κ3) is 2.01. The van der Waals surface area contributed by atoms with Gasteiger partial charge in [0.1, 0.15) is 0 Å². The van der Waals surface area contributed by atoms with Crippen LogP contribution in [0.4, 0.5) is 0 Å². The van der Waals surface area contributed by atoms with Crippen LogP contribution in [0, 0.1) is 5.92 Å². The van der Waals surface area contributed by atoms with Crippen LogP contribution in [0.2, 0.25) is 0 Å². The highest BCUT2D eigenvalue weighted by Crippen LogP contribution is 2.53. The average Bonchev–Trinajstić information content (AvgIpc) is 2.83. The summed E-state index contributed by atoms with van der Waals surface area (Å²) in [5.41, 5.74) is 0.818. The first-order valence-corrected chi connectivity index (χ1v) is 5.75. The van der Waals surface area contributed by atoms with E-state index in [0.717, 1.165) is 10.9 Å². The zero-order valence-corrected chi connectivity index (χ0v) is 10.1. The first-order chi connectivity index (χ1) is 6.48. The summed E-state index contributed by atoms with van der Waals surface area (Å²) in [6, 6.07) is 8.41. The van der Waals surface area contributed by atoms with Gasteiger partial charge < -0.3 is 5.11 Å². The lowest BCUT2D eigenvalue weighted by molar-refractivity contribution is 0.0546. The Labute approximate surface area is 93.3 Å². The molecule has 2 atom stereocenters. The Morgan fingerprint density at radius 1 is 1.29 bits per heavy atom. The monoisotopic (exact) mass is 254 g/mol. The molecule has 0 unspecified atom stereocenters. The fourth-order valence-electron chi connectivity index (χ4n) is 2.05. The maximum Gasteiger partial charge on any atom is 0.0625 e. The van der Waals surface area contributed by atoms with Gasteiger partial charge in [0.25, 0.3) is 0 Å². The standard InChI is InChI=1S/C12H15BrO/c1-12(2,14)11-7-10(11)8-3-5-9(13)6-4-8/h3-6,10-11,14H,7H2,1-2H3/t10-,11+/m0/s1. The Morgan fingerprint density at radius 2 is 1.86 bits per heavy atom. The predicted octanol–water partition coefficient (Wildman–Crippen LogP) is 3.32. The number of aliphatic hydroxyl groups is 1. The van der Waals surface area contributed by atoms with Crippen LogP contribution in [0.3, 0.4) is 0 Å². The van der Waals surface area contributed by atoms with Gasteiger partial charge in [-0.15, -0.1) is 0 Å². The van der Waals surface area contributed by atoms with Crippen molar-refractivity contribution in [3.05, 3.63) is 34.3 Å². The van der Waals surface area contributed by atoms with E-state index in [9.17, 15) is 5.11 Å². The van der Waals surface area contributed by atoms with Crippen LogP contribution in [0.1, 0.15) is 31.7 Å². The molecule has 0 radical (unpaired) electrons. The predicted molar refractivity (Wildman–Crippen MR) is 61.3 cm³/mol. The number of rotatable bonds is 2. The molecule has 1 aromatic carbocycles. The molecule has 76 valence electrons. The van der Waals surface area contributed by atoms with Crippen molar-refractivity contribution in [2.45, 2.75) is 31.8 Å². The highest BCUT2D eigenvalue weighted by atomic mass is 79.9. The van der Waals surface area contributed by atoms with Gasteiger partial charge in [-0.05, 0) is 49.8 Å². The molecule has 1 N–H and O–H groups in total. The Hall–Kier alpha value is -0.340. The molecule has 0 aromatic heterocycles. The van der Waals surface area contributed by atoms with Gasteiger partial charge >= 0.3 is 0 Å². The molecule has 1 aliphatic carbocycles. The molecule has 0 heterocycles. The lowest BCUT2D eigenvalue weighted by Crippen LogP contribution is -2.22. The first kappa shape index (κ1) is 10.2. The van der Waals surface area contributed by atoms with Gasteiger partial charge in [-0.25, -0.2) is 0 Å². The molecule has 0 amide bonds. The van der Waals surface area contributed by atoms with E-state index >= 15 is 0 Å². The van der Waals surface area contributed by atoms with Crippen LogP contribution in [-0.4, -0.2) is 10.7 Å². The van der Waals surface area contributed by atoms with Crippen molar-refractivity contribution in [3.63, 3.8) is 0 Å². The van der Waals surface area contributed by atoms with Crippen LogP contribution in [-0.2, 0) is 0 Å². The maximum atomic E-state index is 9.83. The average molecular weight is 255 g/mol. The van der Waals surface area contributed by atoms with Gasteiger partial charge in [0.15, 0.2) is 0 Å². The van der Waals surface area contributed by atoms with E-state index in [1.54, 1.807) is 0 Å². The minimum atomic E-state index is -0.530. The van der Waals surface area contributed by atoms with E-state index in [0.29, 0.717) is 11.8 Å². The molecule has 14 heavy (non-hydrogen) atoms. The second-order valence-corrected chi connectivity index (χ2v) is 5.57. The third-order valence-electron chi connectivity index (χ3n) is 3.00. The summed E-state index contributed by atoms with van der Waals surface area (Å²) >= 11 is 3.42. The van der Waals surface area contributed by atoms with Crippen molar-refractivity contribution in [2.75, 3.05) is 0 Å². The molecule has 1 nitrogen and oxygen atoms in total. The minimum Gasteiger partial charge on any atom is -0.390 e. The normalized spacial score (nSPS) is 26.3. The molecule has 0 bridgehead atoms. The van der Waals surface area contributed by atoms with Crippen LogP contribution < -0.4 is 0 Å². The molecular formula is C12H15BrO. The second-order valence-electron chi connectivity index (χ2n) is 4.65. The Bertz CT molecular complexity index is 323. The fourth-order valence-corrected chi connectivity index (χ4v) is 2.32. The molecule has 0 aliphatic heterocycles. The summed E-state index contributed by atoms with van der Waals surface area (Å²) in [6.45, 7) is 3.80. The summed E-state index contributed by atoms with van der Waals surface area (Å²) in [5, 5.41) is 9.83. The van der Waals surface area contributed by atoms with Crippen LogP contribution >= 0.6 is 15.9 Å². The van der Waals surface area contributed by atoms with Gasteiger partial charge in [0.2, 0.25) is 0 Å². The van der Waals surface area contributed by atoms with Crippen molar-refractivity contribution in [2.24, 2.45) is 5.92 Å². The molecule has 0 spiro atoms. The topological polar surface area (TPSA) is 20.2 Å². The summed E-state index contributed by atoms with van der Waals surface area (Å²) in [4.78, 5) is 0. The van der Waals surface area contributed by atoms with Gasteiger partial charge in [-0.2, -0.15) is 0 Å². The third-order valence-corrected chi connectivity index (χ3v) is 3.52. The molecule has 1 aliphatic rings. The quantitative estimate of drug-likeness (QED) is 0.859. The van der Waals surface area contributed by atoms with Gasteiger partial charge in [0, 0.05) is 4.47 Å². The lowest BCUT2D eigenvalue weighted by atomic mass is 9.99. The highest BCUT2D eigenvalue weighted by molar-refractivity contribution is 9.10. The lowest BCUT2D eigenvalue weighted by Gasteiger charge is -2.16. The SMILES string of the molecule is CC(C)(O)[C@@H]1C[C@H]1c1ccc(Br)cc1. The number of benzene rings is 1. The van der Waals surface area contributed by atoms with Crippen molar-refractivity contribution < 1.29 is 5.11 Å². The Kier molecular flexibility index (Phi) is 2.44. The largest absolute Gasteiger partial charge is 0.390 e. The van der Waals surface area contributed by atoms with Crippen LogP contribution in [0.25, 0.3) is 0 Å². The molecule has 0 saturated heterocycles. The summed E-state index contributed by atoms with van der Waals surface area (Å²) in [7, 11) is 0. The van der Waals surface area contributed by atoms with Gasteiger partial charge in [-0.1, -0.05) is 28.1 Å². The first-order valence-electron chi connectivity index (χ1n) is 4.96. The van der Waals surface area contributed by atoms with Crippen molar-refractivity contribution in [3.8, 4) is 0 Å². The zero-order chi connectivity index (χ0) is 10.3. The molecule has 1 fully saturated rings. The van der Waals surface area contributed by atoms with Crippen LogP contribution in [0.5, 0.6) is 0 Å². The van der Waals surface area contributed by atoms with E-state index in [-0.39, 0.29) is 0 Å². The molecule has 2 rings (SSSR count). The smallest absolute Gasteiger partial charge is 0.0625 e. The van der Waals surface area contributed by atoms with Gasteiger partial charge in [-0.3, -0.25) is 0 Å². The molecule has 2 heteroatoms. The van der Waals surface area contributed by atoms with Crippen molar-refractivity contribution in [1.82, 2.24) is 0 Å². The molecule has 1 aromatic rings. The highest BCUT2D eigenvalue weighted by Gasteiger charge is 2.47. The van der Waals surface area contributed by atoms with E-state index < -0.39 is 5.60 Å². The summed E-state index contributed by atoms with van der Waals surface area (Å²) < 4.78 is 1.11. The van der Waals surface area contributed by atoms with Gasteiger partial charge in [0.05, 0.1) is 5.60 Å². The van der Waals surface area contributed by atoms with E-state index in [2.05, 4.69) is 40.2 Å². The van der Waals surface area contributed by atoms with E-state index in [1.165, 1.54) is 5.56 Å². The van der Waals surface area contributed by atoms with Crippen LogP contribution in [0.15, 0.2) is 28.7 Å². The number of halogens is 1. The zero-order valence-electron chi connectivity index (χ0n) is 8.50. The minimum absolute atomic E-state index is 0.434. The summed E-state index contributed by atoms with van der Waals surface area (Å²) in [6.07, 6.45) is 1.12. The van der Waals surface area contributed by atoms with E-state index in [1.807, 2.05) is 13.8 Å². The second kappa shape index (κ2) is 3.35. The molecule has 1 saturated carbocycles. The fraction of sp³-hybridized carbons (Fsp3) is 0.500. The Morgan fingerprint density at radius 3 is 2.29 bits per heavy atom. The maximum absolute atomic E-state index is 9.83. The number of hydrogen-bond acceptors (Lipinski definition) is 1. The van der Waals surface area contributed by atoms with Crippen molar-refractivity contribution in [1.29, 1.82) is 0 Å². The summed E-state index contributed by atoms with van der Waals surface area (Å²) in [5.74, 6) is 0.992.